The monoisotopic (exact) mass is 366 g/mol. The van der Waals surface area contributed by atoms with Crippen LogP contribution in [0.5, 0.6) is 11.5 Å². The number of aryl methyl sites for hydroxylation is 2. The lowest BCUT2D eigenvalue weighted by atomic mass is 9.97. The van der Waals surface area contributed by atoms with Gasteiger partial charge in [-0.05, 0) is 72.9 Å². The number of hydrogen-bond donors (Lipinski definition) is 0. The van der Waals surface area contributed by atoms with Crippen LogP contribution in [0, 0.1) is 11.8 Å². The first kappa shape index (κ1) is 21.5. The molecular weight excluding hydrogens is 328 g/mol. The van der Waals surface area contributed by atoms with Crippen molar-refractivity contribution in [2.24, 2.45) is 11.8 Å². The summed E-state index contributed by atoms with van der Waals surface area (Å²) in [5.41, 5.74) is 2.81. The van der Waals surface area contributed by atoms with E-state index in [4.69, 9.17) is 4.74 Å². The van der Waals surface area contributed by atoms with E-state index in [0.29, 0.717) is 0 Å². The topological polar surface area (TPSA) is 9.23 Å². The van der Waals surface area contributed by atoms with Crippen molar-refractivity contribution in [2.45, 2.75) is 79.1 Å². The molecule has 1 heteroatoms. The first-order valence-corrected chi connectivity index (χ1v) is 11.0. The van der Waals surface area contributed by atoms with Crippen molar-refractivity contribution in [3.05, 3.63) is 59.7 Å². The SMILES string of the molecule is CCCC(C)CCc1ccc(Oc2ccc(CCC(C)CCC)cc2)cc1. The second-order valence-corrected chi connectivity index (χ2v) is 8.26. The molecule has 0 saturated carbocycles. The molecule has 0 fully saturated rings. The van der Waals surface area contributed by atoms with E-state index in [1.165, 1.54) is 49.7 Å². The van der Waals surface area contributed by atoms with E-state index >= 15 is 0 Å². The molecule has 2 aromatic rings. The molecule has 0 aliphatic heterocycles. The summed E-state index contributed by atoms with van der Waals surface area (Å²) in [7, 11) is 0. The Morgan fingerprint density at radius 3 is 1.30 bits per heavy atom. The van der Waals surface area contributed by atoms with Gasteiger partial charge in [-0.15, -0.1) is 0 Å². The van der Waals surface area contributed by atoms with Crippen LogP contribution in [-0.4, -0.2) is 0 Å². The average Bonchev–Trinajstić information content (AvgIpc) is 2.67. The standard InChI is InChI=1S/C26H38O/c1-5-7-21(3)9-11-23-13-17-25(18-14-23)27-26-19-15-24(16-20-26)12-10-22(4)8-6-2/h13-22H,5-12H2,1-4H3. The Morgan fingerprint density at radius 1 is 0.593 bits per heavy atom. The van der Waals surface area contributed by atoms with Crippen LogP contribution in [0.3, 0.4) is 0 Å². The fourth-order valence-corrected chi connectivity index (χ4v) is 3.68. The smallest absolute Gasteiger partial charge is 0.127 e. The van der Waals surface area contributed by atoms with Gasteiger partial charge in [-0.25, -0.2) is 0 Å². The summed E-state index contributed by atoms with van der Waals surface area (Å²) in [6.07, 6.45) is 10.1. The Labute approximate surface area is 167 Å². The van der Waals surface area contributed by atoms with Crippen LogP contribution in [0.2, 0.25) is 0 Å². The molecular formula is C26H38O. The zero-order valence-corrected chi connectivity index (χ0v) is 17.8. The molecule has 2 rings (SSSR count). The molecule has 0 aliphatic carbocycles. The molecule has 0 bridgehead atoms. The quantitative estimate of drug-likeness (QED) is 0.367. The summed E-state index contributed by atoms with van der Waals surface area (Å²) < 4.78 is 6.02. The highest BCUT2D eigenvalue weighted by Gasteiger charge is 2.04. The van der Waals surface area contributed by atoms with Crippen LogP contribution < -0.4 is 4.74 Å². The molecule has 2 unspecified atom stereocenters. The fourth-order valence-electron chi connectivity index (χ4n) is 3.68. The van der Waals surface area contributed by atoms with E-state index < -0.39 is 0 Å². The first-order chi connectivity index (χ1) is 13.1. The normalized spacial score (nSPS) is 13.3. The highest BCUT2D eigenvalue weighted by molar-refractivity contribution is 5.34. The van der Waals surface area contributed by atoms with Crippen molar-refractivity contribution in [3.63, 3.8) is 0 Å². The van der Waals surface area contributed by atoms with Gasteiger partial charge in [0.2, 0.25) is 0 Å². The third-order valence-corrected chi connectivity index (χ3v) is 5.50. The molecule has 0 heterocycles. The second-order valence-electron chi connectivity index (χ2n) is 8.26. The molecule has 0 aromatic heterocycles. The van der Waals surface area contributed by atoms with E-state index in [1.807, 2.05) is 0 Å². The van der Waals surface area contributed by atoms with E-state index in [1.54, 1.807) is 0 Å². The van der Waals surface area contributed by atoms with E-state index in [-0.39, 0.29) is 0 Å². The van der Waals surface area contributed by atoms with Gasteiger partial charge >= 0.3 is 0 Å². The average molecular weight is 367 g/mol. The van der Waals surface area contributed by atoms with Crippen molar-refractivity contribution < 1.29 is 4.74 Å². The van der Waals surface area contributed by atoms with Gasteiger partial charge in [0, 0.05) is 0 Å². The lowest BCUT2D eigenvalue weighted by Gasteiger charge is -2.11. The Hall–Kier alpha value is -1.76. The minimum Gasteiger partial charge on any atom is -0.457 e. The Morgan fingerprint density at radius 2 is 0.963 bits per heavy atom. The van der Waals surface area contributed by atoms with Crippen molar-refractivity contribution in [3.8, 4) is 11.5 Å². The highest BCUT2D eigenvalue weighted by Crippen LogP contribution is 2.24. The molecule has 0 amide bonds. The number of hydrogen-bond acceptors (Lipinski definition) is 1. The van der Waals surface area contributed by atoms with Gasteiger partial charge in [0.05, 0.1) is 0 Å². The maximum atomic E-state index is 6.02. The first-order valence-electron chi connectivity index (χ1n) is 11.0. The van der Waals surface area contributed by atoms with Gasteiger partial charge < -0.3 is 4.74 Å². The molecule has 148 valence electrons. The molecule has 1 nitrogen and oxygen atoms in total. The molecule has 0 aliphatic rings. The van der Waals surface area contributed by atoms with E-state index in [0.717, 1.165) is 36.2 Å². The van der Waals surface area contributed by atoms with Crippen LogP contribution in [0.25, 0.3) is 0 Å². The van der Waals surface area contributed by atoms with Gasteiger partial charge in [0.25, 0.3) is 0 Å². The molecule has 27 heavy (non-hydrogen) atoms. The maximum absolute atomic E-state index is 6.02. The lowest BCUT2D eigenvalue weighted by Crippen LogP contribution is -1.97. The summed E-state index contributed by atoms with van der Waals surface area (Å²) >= 11 is 0. The second kappa shape index (κ2) is 11.8. The maximum Gasteiger partial charge on any atom is 0.127 e. The fraction of sp³-hybridized carbons (Fsp3) is 0.538. The predicted octanol–water partition coefficient (Wildman–Crippen LogP) is 8.22. The minimum absolute atomic E-state index is 0.814. The molecule has 2 aromatic carbocycles. The summed E-state index contributed by atoms with van der Waals surface area (Å²) in [6.45, 7) is 9.24. The Balaban J connectivity index is 1.80. The largest absolute Gasteiger partial charge is 0.457 e. The predicted molar refractivity (Wildman–Crippen MR) is 118 cm³/mol. The van der Waals surface area contributed by atoms with E-state index in [9.17, 15) is 0 Å². The van der Waals surface area contributed by atoms with Gasteiger partial charge in [-0.3, -0.25) is 0 Å². The van der Waals surface area contributed by atoms with Crippen LogP contribution in [0.15, 0.2) is 48.5 Å². The third-order valence-electron chi connectivity index (χ3n) is 5.50. The zero-order chi connectivity index (χ0) is 19.5. The zero-order valence-electron chi connectivity index (χ0n) is 17.8. The summed E-state index contributed by atoms with van der Waals surface area (Å²) in [6, 6.07) is 17.2. The van der Waals surface area contributed by atoms with Crippen LogP contribution in [-0.2, 0) is 12.8 Å². The summed E-state index contributed by atoms with van der Waals surface area (Å²) in [4.78, 5) is 0. The molecule has 2 atom stereocenters. The Kier molecular flexibility index (Phi) is 9.45. The van der Waals surface area contributed by atoms with Gasteiger partial charge in [-0.2, -0.15) is 0 Å². The van der Waals surface area contributed by atoms with E-state index in [2.05, 4.69) is 76.2 Å². The van der Waals surface area contributed by atoms with Crippen molar-refractivity contribution >= 4 is 0 Å². The minimum atomic E-state index is 0.814. The Bertz CT molecular complexity index is 569. The lowest BCUT2D eigenvalue weighted by molar-refractivity contribution is 0.478. The van der Waals surface area contributed by atoms with Crippen LogP contribution in [0.1, 0.15) is 77.3 Å². The summed E-state index contributed by atoms with van der Waals surface area (Å²) in [5.74, 6) is 3.47. The number of rotatable bonds is 12. The number of ether oxygens (including phenoxy) is 1. The van der Waals surface area contributed by atoms with Crippen LogP contribution >= 0.6 is 0 Å². The molecule has 0 saturated heterocycles. The molecule has 0 N–H and O–H groups in total. The van der Waals surface area contributed by atoms with Crippen LogP contribution in [0.4, 0.5) is 0 Å². The number of benzene rings is 2. The molecule has 0 spiro atoms. The third kappa shape index (κ3) is 8.20. The highest BCUT2D eigenvalue weighted by atomic mass is 16.5. The van der Waals surface area contributed by atoms with Gasteiger partial charge in [0.1, 0.15) is 11.5 Å². The van der Waals surface area contributed by atoms with Crippen molar-refractivity contribution in [1.29, 1.82) is 0 Å². The van der Waals surface area contributed by atoms with Crippen molar-refractivity contribution in [1.82, 2.24) is 0 Å². The molecule has 0 radical (unpaired) electrons. The van der Waals surface area contributed by atoms with Gasteiger partial charge in [0.15, 0.2) is 0 Å². The van der Waals surface area contributed by atoms with Gasteiger partial charge in [-0.1, -0.05) is 77.6 Å². The van der Waals surface area contributed by atoms with Crippen molar-refractivity contribution in [2.75, 3.05) is 0 Å². The summed E-state index contributed by atoms with van der Waals surface area (Å²) in [5, 5.41) is 0.